The topological polar surface area (TPSA) is 45.7 Å². The van der Waals surface area contributed by atoms with Gasteiger partial charge in [-0.15, -0.1) is 0 Å². The Kier molecular flexibility index (Phi) is 7.25. The van der Waals surface area contributed by atoms with E-state index in [-0.39, 0.29) is 23.7 Å². The van der Waals surface area contributed by atoms with Crippen molar-refractivity contribution < 1.29 is 22.3 Å². The summed E-state index contributed by atoms with van der Waals surface area (Å²) >= 11 is 0. The molecule has 0 spiro atoms. The van der Waals surface area contributed by atoms with Crippen molar-refractivity contribution in [3.63, 3.8) is 0 Å². The van der Waals surface area contributed by atoms with Gasteiger partial charge in [0.25, 0.3) is 0 Å². The predicted molar refractivity (Wildman–Crippen MR) is 91.3 cm³/mol. The lowest BCUT2D eigenvalue weighted by molar-refractivity contribution is -0.0506. The van der Waals surface area contributed by atoms with Crippen LogP contribution in [0.4, 0.5) is 17.6 Å². The number of aliphatic imine (C=N–C) groups is 1. The third-order valence-corrected chi connectivity index (χ3v) is 3.57. The first-order valence-electron chi connectivity index (χ1n) is 7.90. The molecule has 0 aliphatic carbocycles. The Morgan fingerprint density at radius 2 is 1.81 bits per heavy atom. The standard InChI is InChI=1S/C18H19F4N3O/c1-23-18(24-10-9-12-5-7-13(19)8-6-12)25-11-14-15(20)3-2-4-16(14)26-17(21)22/h2-8,17H,9-11H2,1H3,(H2,23,24,25). The number of ether oxygens (including phenoxy) is 1. The zero-order chi connectivity index (χ0) is 18.9. The van der Waals surface area contributed by atoms with Crippen LogP contribution in [-0.2, 0) is 13.0 Å². The van der Waals surface area contributed by atoms with Gasteiger partial charge in [0.05, 0.1) is 0 Å². The Hall–Kier alpha value is -2.77. The van der Waals surface area contributed by atoms with Crippen molar-refractivity contribution in [2.75, 3.05) is 13.6 Å². The molecule has 0 saturated carbocycles. The Bertz CT molecular complexity index is 736. The third-order valence-electron chi connectivity index (χ3n) is 3.57. The van der Waals surface area contributed by atoms with Crippen molar-refractivity contribution in [1.82, 2.24) is 10.6 Å². The highest BCUT2D eigenvalue weighted by molar-refractivity contribution is 5.79. The highest BCUT2D eigenvalue weighted by atomic mass is 19.3. The minimum absolute atomic E-state index is 0.0192. The van der Waals surface area contributed by atoms with Gasteiger partial charge in [0.2, 0.25) is 0 Å². The second-order valence-corrected chi connectivity index (χ2v) is 5.32. The number of benzene rings is 2. The Labute approximate surface area is 148 Å². The van der Waals surface area contributed by atoms with E-state index < -0.39 is 12.4 Å². The maximum atomic E-state index is 13.9. The summed E-state index contributed by atoms with van der Waals surface area (Å²) in [7, 11) is 1.53. The minimum Gasteiger partial charge on any atom is -0.434 e. The zero-order valence-corrected chi connectivity index (χ0v) is 14.1. The Morgan fingerprint density at radius 1 is 1.08 bits per heavy atom. The fraction of sp³-hybridized carbons (Fsp3) is 0.278. The molecular formula is C18H19F4N3O. The molecule has 26 heavy (non-hydrogen) atoms. The summed E-state index contributed by atoms with van der Waals surface area (Å²) in [5.74, 6) is -0.809. The molecule has 0 unspecified atom stereocenters. The van der Waals surface area contributed by atoms with Gasteiger partial charge in [-0.25, -0.2) is 8.78 Å². The van der Waals surface area contributed by atoms with Crippen LogP contribution in [0.5, 0.6) is 5.75 Å². The highest BCUT2D eigenvalue weighted by Gasteiger charge is 2.14. The van der Waals surface area contributed by atoms with Gasteiger partial charge in [-0.1, -0.05) is 18.2 Å². The van der Waals surface area contributed by atoms with Crippen molar-refractivity contribution in [2.45, 2.75) is 19.6 Å². The summed E-state index contributed by atoms with van der Waals surface area (Å²) < 4.78 is 56.0. The van der Waals surface area contributed by atoms with Crippen LogP contribution in [0.2, 0.25) is 0 Å². The van der Waals surface area contributed by atoms with Gasteiger partial charge in [-0.2, -0.15) is 8.78 Å². The summed E-state index contributed by atoms with van der Waals surface area (Å²) in [6.07, 6.45) is 0.625. The quantitative estimate of drug-likeness (QED) is 0.446. The van der Waals surface area contributed by atoms with E-state index in [0.29, 0.717) is 18.9 Å². The van der Waals surface area contributed by atoms with Gasteiger partial charge in [0.1, 0.15) is 17.4 Å². The van der Waals surface area contributed by atoms with Gasteiger partial charge in [-0.05, 0) is 36.2 Å². The van der Waals surface area contributed by atoms with E-state index in [1.54, 1.807) is 12.1 Å². The number of rotatable bonds is 7. The molecule has 0 amide bonds. The number of alkyl halides is 2. The molecule has 0 heterocycles. The average molecular weight is 369 g/mol. The van der Waals surface area contributed by atoms with Crippen LogP contribution in [0.25, 0.3) is 0 Å². The molecule has 8 heteroatoms. The van der Waals surface area contributed by atoms with Crippen LogP contribution in [0.3, 0.4) is 0 Å². The first-order valence-corrected chi connectivity index (χ1v) is 7.90. The highest BCUT2D eigenvalue weighted by Crippen LogP contribution is 2.23. The van der Waals surface area contributed by atoms with Gasteiger partial charge < -0.3 is 15.4 Å². The third kappa shape index (κ3) is 5.94. The van der Waals surface area contributed by atoms with E-state index in [2.05, 4.69) is 20.4 Å². The number of guanidine groups is 1. The van der Waals surface area contributed by atoms with Crippen LogP contribution >= 0.6 is 0 Å². The lowest BCUT2D eigenvalue weighted by atomic mass is 10.1. The van der Waals surface area contributed by atoms with Crippen LogP contribution in [0.1, 0.15) is 11.1 Å². The van der Waals surface area contributed by atoms with Crippen molar-refractivity contribution in [2.24, 2.45) is 4.99 Å². The number of hydrogen-bond donors (Lipinski definition) is 2. The van der Waals surface area contributed by atoms with Gasteiger partial charge in [0, 0.05) is 25.7 Å². The summed E-state index contributed by atoms with van der Waals surface area (Å²) in [5, 5.41) is 5.87. The van der Waals surface area contributed by atoms with Gasteiger partial charge >= 0.3 is 6.61 Å². The predicted octanol–water partition coefficient (Wildman–Crippen LogP) is 3.47. The molecule has 4 nitrogen and oxygen atoms in total. The van der Waals surface area contributed by atoms with Gasteiger partial charge in [-0.3, -0.25) is 4.99 Å². The smallest absolute Gasteiger partial charge is 0.387 e. The molecule has 0 aromatic heterocycles. The lowest BCUT2D eigenvalue weighted by Gasteiger charge is -2.15. The van der Waals surface area contributed by atoms with Crippen LogP contribution in [-0.4, -0.2) is 26.2 Å². The zero-order valence-electron chi connectivity index (χ0n) is 14.1. The molecule has 0 atom stereocenters. The summed E-state index contributed by atoms with van der Waals surface area (Å²) in [6, 6.07) is 9.86. The van der Waals surface area contributed by atoms with Crippen LogP contribution in [0.15, 0.2) is 47.5 Å². The number of nitrogens with one attached hydrogen (secondary N) is 2. The van der Waals surface area contributed by atoms with E-state index in [9.17, 15) is 17.6 Å². The molecule has 2 rings (SSSR count). The lowest BCUT2D eigenvalue weighted by Crippen LogP contribution is -2.38. The normalized spacial score (nSPS) is 11.5. The minimum atomic E-state index is -3.04. The molecular weight excluding hydrogens is 350 g/mol. The van der Waals surface area contributed by atoms with E-state index in [0.717, 1.165) is 5.56 Å². The van der Waals surface area contributed by atoms with E-state index >= 15 is 0 Å². The summed E-state index contributed by atoms with van der Waals surface area (Å²) in [4.78, 5) is 3.99. The first kappa shape index (κ1) is 19.6. The second-order valence-electron chi connectivity index (χ2n) is 5.32. The van der Waals surface area contributed by atoms with E-state index in [1.807, 2.05) is 0 Å². The van der Waals surface area contributed by atoms with Crippen molar-refractivity contribution in [3.8, 4) is 5.75 Å². The van der Waals surface area contributed by atoms with Gasteiger partial charge in [0.15, 0.2) is 5.96 Å². The molecule has 0 radical (unpaired) electrons. The number of halogens is 4. The average Bonchev–Trinajstić information content (AvgIpc) is 2.60. The van der Waals surface area contributed by atoms with Crippen LogP contribution < -0.4 is 15.4 Å². The Balaban J connectivity index is 1.90. The molecule has 140 valence electrons. The maximum absolute atomic E-state index is 13.9. The first-order chi connectivity index (χ1) is 12.5. The summed E-state index contributed by atoms with van der Waals surface area (Å²) in [5.41, 5.74) is 0.922. The maximum Gasteiger partial charge on any atom is 0.387 e. The van der Waals surface area contributed by atoms with E-state index in [1.165, 1.54) is 37.4 Å². The number of hydrogen-bond acceptors (Lipinski definition) is 2. The molecule has 0 aliphatic heterocycles. The SMILES string of the molecule is CN=C(NCCc1ccc(F)cc1)NCc1c(F)cccc1OC(F)F. The number of nitrogens with zero attached hydrogens (tertiary/aromatic N) is 1. The van der Waals surface area contributed by atoms with Crippen LogP contribution in [0, 0.1) is 11.6 Å². The molecule has 2 N–H and O–H groups in total. The van der Waals surface area contributed by atoms with E-state index in [4.69, 9.17) is 0 Å². The molecule has 0 fully saturated rings. The largest absolute Gasteiger partial charge is 0.434 e. The second kappa shape index (κ2) is 9.65. The summed E-state index contributed by atoms with van der Waals surface area (Å²) in [6.45, 7) is -2.61. The molecule has 2 aromatic carbocycles. The van der Waals surface area contributed by atoms with Crippen molar-refractivity contribution >= 4 is 5.96 Å². The molecule has 0 bridgehead atoms. The Morgan fingerprint density at radius 3 is 2.46 bits per heavy atom. The fourth-order valence-corrected chi connectivity index (χ4v) is 2.29. The fourth-order valence-electron chi connectivity index (χ4n) is 2.29. The molecule has 0 saturated heterocycles. The van der Waals surface area contributed by atoms with Crippen molar-refractivity contribution in [1.29, 1.82) is 0 Å². The molecule has 0 aliphatic rings. The van der Waals surface area contributed by atoms with Crippen molar-refractivity contribution in [3.05, 3.63) is 65.2 Å². The monoisotopic (exact) mass is 369 g/mol. The molecule has 2 aromatic rings.